The highest BCUT2D eigenvalue weighted by atomic mass is 16.6. The average Bonchev–Trinajstić information content (AvgIpc) is 2.95. The first-order valence-electron chi connectivity index (χ1n) is 7.83. The molecule has 0 atom stereocenters. The van der Waals surface area contributed by atoms with Crippen LogP contribution in [0.5, 0.6) is 0 Å². The van der Waals surface area contributed by atoms with E-state index in [1.54, 1.807) is 6.20 Å². The molecular weight excluding hydrogens is 294 g/mol. The number of carbonyl (C=O) groups excluding carboxylic acids is 1. The van der Waals surface area contributed by atoms with E-state index in [0.29, 0.717) is 18.0 Å². The summed E-state index contributed by atoms with van der Waals surface area (Å²) in [6, 6.07) is 3.66. The van der Waals surface area contributed by atoms with E-state index in [0.717, 1.165) is 38.0 Å². The number of aliphatic imine (C=N–C) groups is 1. The number of ether oxygens (including phenoxy) is 1. The molecule has 0 bridgehead atoms. The summed E-state index contributed by atoms with van der Waals surface area (Å²) in [6.45, 7) is 4.82. The van der Waals surface area contributed by atoms with Crippen molar-refractivity contribution in [3.8, 4) is 0 Å². The second-order valence-electron chi connectivity index (χ2n) is 6.19. The van der Waals surface area contributed by atoms with Gasteiger partial charge in [-0.05, 0) is 50.5 Å². The zero-order valence-electron chi connectivity index (χ0n) is 13.0. The van der Waals surface area contributed by atoms with Crippen LogP contribution in [0.15, 0.2) is 23.3 Å². The van der Waals surface area contributed by atoms with Gasteiger partial charge in [0.15, 0.2) is 5.84 Å². The van der Waals surface area contributed by atoms with Crippen LogP contribution in [-0.4, -0.2) is 42.3 Å². The first kappa shape index (κ1) is 15.5. The van der Waals surface area contributed by atoms with Gasteiger partial charge in [-0.3, -0.25) is 5.41 Å². The van der Waals surface area contributed by atoms with Gasteiger partial charge in [0.25, 0.3) is 0 Å². The SMILES string of the molecule is C=NC(=N)c1ccc(NC[C@H]2CC[C@]3(CC2)CNC(=O)O3)nc1. The minimum absolute atomic E-state index is 0.126. The molecule has 2 fully saturated rings. The molecule has 2 heterocycles. The van der Waals surface area contributed by atoms with Crippen LogP contribution in [0.3, 0.4) is 0 Å². The van der Waals surface area contributed by atoms with Crippen molar-refractivity contribution < 1.29 is 9.53 Å². The summed E-state index contributed by atoms with van der Waals surface area (Å²) in [5.74, 6) is 1.47. The van der Waals surface area contributed by atoms with Crippen molar-refractivity contribution in [2.24, 2.45) is 10.9 Å². The van der Waals surface area contributed by atoms with E-state index < -0.39 is 0 Å². The third-order valence-electron chi connectivity index (χ3n) is 4.65. The van der Waals surface area contributed by atoms with Gasteiger partial charge in [0.2, 0.25) is 0 Å². The van der Waals surface area contributed by atoms with E-state index in [2.05, 4.69) is 27.3 Å². The van der Waals surface area contributed by atoms with E-state index in [1.165, 1.54) is 0 Å². The normalized spacial score (nSPS) is 26.4. The molecule has 7 heteroatoms. The number of carbonyl (C=O) groups is 1. The maximum atomic E-state index is 11.2. The minimum Gasteiger partial charge on any atom is -0.441 e. The molecule has 0 radical (unpaired) electrons. The molecular formula is C16H21N5O2. The van der Waals surface area contributed by atoms with Crippen LogP contribution < -0.4 is 10.6 Å². The van der Waals surface area contributed by atoms with E-state index in [-0.39, 0.29) is 17.5 Å². The first-order chi connectivity index (χ1) is 11.1. The minimum atomic E-state index is -0.287. The van der Waals surface area contributed by atoms with Gasteiger partial charge >= 0.3 is 6.09 Å². The Morgan fingerprint density at radius 3 is 2.87 bits per heavy atom. The molecule has 1 saturated carbocycles. The van der Waals surface area contributed by atoms with Gasteiger partial charge in [-0.1, -0.05) is 0 Å². The average molecular weight is 315 g/mol. The summed E-state index contributed by atoms with van der Waals surface area (Å²) in [5.41, 5.74) is 0.381. The lowest BCUT2D eigenvalue weighted by Crippen LogP contribution is -2.38. The van der Waals surface area contributed by atoms with E-state index in [4.69, 9.17) is 10.1 Å². The number of amidine groups is 1. The molecule has 3 rings (SSSR count). The van der Waals surface area contributed by atoms with Crippen LogP contribution in [0.25, 0.3) is 0 Å². The summed E-state index contributed by atoms with van der Waals surface area (Å²) in [5, 5.41) is 13.7. The molecule has 1 aliphatic carbocycles. The van der Waals surface area contributed by atoms with Crippen molar-refractivity contribution in [2.75, 3.05) is 18.4 Å². The number of nitrogens with one attached hydrogen (secondary N) is 3. The van der Waals surface area contributed by atoms with Crippen LogP contribution in [0.1, 0.15) is 31.2 Å². The number of hydrogen-bond donors (Lipinski definition) is 3. The number of pyridine rings is 1. The lowest BCUT2D eigenvalue weighted by molar-refractivity contribution is 0.0148. The Kier molecular flexibility index (Phi) is 4.27. The van der Waals surface area contributed by atoms with Gasteiger partial charge in [0.05, 0.1) is 6.54 Å². The molecule has 2 aliphatic rings. The molecule has 122 valence electrons. The molecule has 1 saturated heterocycles. The van der Waals surface area contributed by atoms with Gasteiger partial charge in [-0.15, -0.1) is 0 Å². The predicted molar refractivity (Wildman–Crippen MR) is 88.3 cm³/mol. The summed E-state index contributed by atoms with van der Waals surface area (Å²) in [6.07, 6.45) is 5.22. The quantitative estimate of drug-likeness (QED) is 0.586. The predicted octanol–water partition coefficient (Wildman–Crippen LogP) is 2.19. The maximum Gasteiger partial charge on any atom is 0.407 e. The van der Waals surface area contributed by atoms with Gasteiger partial charge in [0.1, 0.15) is 11.4 Å². The van der Waals surface area contributed by atoms with Crippen LogP contribution in [0.2, 0.25) is 0 Å². The Bertz CT molecular complexity index is 605. The smallest absolute Gasteiger partial charge is 0.407 e. The molecule has 1 amide bonds. The van der Waals surface area contributed by atoms with Gasteiger partial charge < -0.3 is 15.4 Å². The summed E-state index contributed by atoms with van der Waals surface area (Å²) < 4.78 is 5.43. The fourth-order valence-electron chi connectivity index (χ4n) is 3.17. The second kappa shape index (κ2) is 6.36. The largest absolute Gasteiger partial charge is 0.441 e. The van der Waals surface area contributed by atoms with Gasteiger partial charge in [0, 0.05) is 18.3 Å². The number of nitrogens with zero attached hydrogens (tertiary/aromatic N) is 2. The Morgan fingerprint density at radius 2 is 2.30 bits per heavy atom. The van der Waals surface area contributed by atoms with Crippen molar-refractivity contribution in [3.63, 3.8) is 0 Å². The highest BCUT2D eigenvalue weighted by Gasteiger charge is 2.42. The van der Waals surface area contributed by atoms with Crippen molar-refractivity contribution in [1.82, 2.24) is 10.3 Å². The molecule has 0 aromatic carbocycles. The Hall–Kier alpha value is -2.44. The molecule has 0 unspecified atom stereocenters. The molecule has 23 heavy (non-hydrogen) atoms. The Balaban J connectivity index is 1.47. The van der Waals surface area contributed by atoms with E-state index >= 15 is 0 Å². The van der Waals surface area contributed by atoms with Crippen molar-refractivity contribution in [2.45, 2.75) is 31.3 Å². The molecule has 3 N–H and O–H groups in total. The Labute approximate surface area is 135 Å². The first-order valence-corrected chi connectivity index (χ1v) is 7.83. The summed E-state index contributed by atoms with van der Waals surface area (Å²) >= 11 is 0. The maximum absolute atomic E-state index is 11.2. The third kappa shape index (κ3) is 3.49. The highest BCUT2D eigenvalue weighted by Crippen LogP contribution is 2.36. The van der Waals surface area contributed by atoms with Gasteiger partial charge in [-0.25, -0.2) is 14.8 Å². The molecule has 1 spiro atoms. The van der Waals surface area contributed by atoms with E-state index in [9.17, 15) is 4.79 Å². The van der Waals surface area contributed by atoms with Crippen LogP contribution in [0.4, 0.5) is 10.6 Å². The molecule has 1 aliphatic heterocycles. The number of alkyl carbamates (subject to hydrolysis) is 1. The van der Waals surface area contributed by atoms with Crippen LogP contribution in [-0.2, 0) is 4.74 Å². The number of hydrogen-bond acceptors (Lipinski definition) is 5. The topological polar surface area (TPSA) is 99.5 Å². The van der Waals surface area contributed by atoms with Crippen molar-refractivity contribution >= 4 is 24.5 Å². The highest BCUT2D eigenvalue weighted by molar-refractivity contribution is 5.98. The number of amides is 1. The number of anilines is 1. The number of rotatable bonds is 4. The van der Waals surface area contributed by atoms with Crippen LogP contribution in [0, 0.1) is 11.3 Å². The summed E-state index contributed by atoms with van der Waals surface area (Å²) in [7, 11) is 0. The fourth-order valence-corrected chi connectivity index (χ4v) is 3.17. The van der Waals surface area contributed by atoms with E-state index in [1.807, 2.05) is 12.1 Å². The lowest BCUT2D eigenvalue weighted by Gasteiger charge is -2.34. The zero-order chi connectivity index (χ0) is 16.3. The third-order valence-corrected chi connectivity index (χ3v) is 4.65. The molecule has 1 aromatic heterocycles. The Morgan fingerprint density at radius 1 is 1.52 bits per heavy atom. The second-order valence-corrected chi connectivity index (χ2v) is 6.19. The number of aromatic nitrogens is 1. The van der Waals surface area contributed by atoms with Gasteiger partial charge in [-0.2, -0.15) is 0 Å². The fraction of sp³-hybridized carbons (Fsp3) is 0.500. The van der Waals surface area contributed by atoms with Crippen molar-refractivity contribution in [1.29, 1.82) is 5.41 Å². The lowest BCUT2D eigenvalue weighted by atomic mass is 9.79. The van der Waals surface area contributed by atoms with Crippen LogP contribution >= 0.6 is 0 Å². The monoisotopic (exact) mass is 315 g/mol. The molecule has 7 nitrogen and oxygen atoms in total. The zero-order valence-corrected chi connectivity index (χ0v) is 13.0. The van der Waals surface area contributed by atoms with Crippen molar-refractivity contribution in [3.05, 3.63) is 23.9 Å². The molecule has 1 aromatic rings. The standard InChI is InChI=1S/C16H21N5O2/c1-18-14(17)12-2-3-13(20-9-12)19-8-11-4-6-16(7-5-11)10-21-15(22)23-16/h2-3,9,11,17H,1,4-8,10H2,(H,19,20)(H,21,22)/t11-,16-. The summed E-state index contributed by atoms with van der Waals surface area (Å²) in [4.78, 5) is 19.1.